The van der Waals surface area contributed by atoms with Gasteiger partial charge in [0.2, 0.25) is 12.4 Å². The number of nitrogens with zero attached hydrogens (tertiary/aromatic N) is 2. The topological polar surface area (TPSA) is 65.3 Å². The van der Waals surface area contributed by atoms with Crippen LogP contribution in [0.15, 0.2) is 58.8 Å². The van der Waals surface area contributed by atoms with Crippen LogP contribution in [-0.2, 0) is 46.3 Å². The van der Waals surface area contributed by atoms with E-state index in [4.69, 9.17) is 14.1 Å². The fourth-order valence-corrected chi connectivity index (χ4v) is 1.12. The van der Waals surface area contributed by atoms with Crippen molar-refractivity contribution in [2.75, 3.05) is 0 Å². The SMILES string of the molecule is O[n+]1ccccc1[S-].O[n+]1ccccc1[S-].[O]=[V+2]. The number of rotatable bonds is 0. The summed E-state index contributed by atoms with van der Waals surface area (Å²) in [4.78, 5) is 0. The quantitative estimate of drug-likeness (QED) is 0.410. The van der Waals surface area contributed by atoms with Crippen molar-refractivity contribution in [3.05, 3.63) is 48.8 Å². The Morgan fingerprint density at radius 1 is 0.833 bits per heavy atom. The Morgan fingerprint density at radius 3 is 1.33 bits per heavy atom. The molecule has 0 aromatic carbocycles. The molecule has 0 saturated heterocycles. The summed E-state index contributed by atoms with van der Waals surface area (Å²) < 4.78 is 9.98. The molecule has 2 aromatic rings. The van der Waals surface area contributed by atoms with Crippen molar-refractivity contribution < 1.29 is 40.9 Å². The summed E-state index contributed by atoms with van der Waals surface area (Å²) in [7, 11) is 0. The van der Waals surface area contributed by atoms with Crippen LogP contribution in [0, 0.1) is 0 Å². The van der Waals surface area contributed by atoms with Gasteiger partial charge in [-0.15, -0.1) is 0 Å². The minimum absolute atomic E-state index is 0.424. The molecule has 18 heavy (non-hydrogen) atoms. The summed E-state index contributed by atoms with van der Waals surface area (Å²) in [5.74, 6) is 0. The second kappa shape index (κ2) is 9.72. The van der Waals surface area contributed by atoms with Gasteiger partial charge in [0, 0.05) is 12.1 Å². The van der Waals surface area contributed by atoms with E-state index in [1.165, 1.54) is 12.4 Å². The second-order valence-electron chi connectivity index (χ2n) is 2.77. The molecule has 0 atom stereocenters. The van der Waals surface area contributed by atoms with Gasteiger partial charge in [0.05, 0.1) is 0 Å². The van der Waals surface area contributed by atoms with Crippen LogP contribution < -0.4 is 9.46 Å². The first-order valence-electron chi connectivity index (χ1n) is 4.53. The van der Waals surface area contributed by atoms with Crippen LogP contribution in [0.5, 0.6) is 0 Å². The fraction of sp³-hybridized carbons (Fsp3) is 0. The third-order valence-corrected chi connectivity index (χ3v) is 2.25. The molecular weight excluding hydrogens is 311 g/mol. The Bertz CT molecular complexity index is 403. The van der Waals surface area contributed by atoms with E-state index in [0.717, 1.165) is 26.8 Å². The fourth-order valence-electron chi connectivity index (χ4n) is 0.838. The van der Waals surface area contributed by atoms with E-state index in [0.29, 0.717) is 10.1 Å². The van der Waals surface area contributed by atoms with E-state index in [1.807, 2.05) is 0 Å². The van der Waals surface area contributed by atoms with Gasteiger partial charge in [-0.25, -0.2) is 0 Å². The first-order valence-corrected chi connectivity index (χ1v) is 5.92. The van der Waals surface area contributed by atoms with Gasteiger partial charge < -0.3 is 25.3 Å². The summed E-state index contributed by atoms with van der Waals surface area (Å²) in [5.41, 5.74) is 0. The summed E-state index contributed by atoms with van der Waals surface area (Å²) >= 11 is 10.4. The molecule has 0 saturated carbocycles. The first-order chi connectivity index (χ1) is 8.61. The van der Waals surface area contributed by atoms with E-state index in [2.05, 4.69) is 25.3 Å². The van der Waals surface area contributed by atoms with Gasteiger partial charge in [-0.1, -0.05) is 12.1 Å². The van der Waals surface area contributed by atoms with Crippen molar-refractivity contribution in [1.29, 1.82) is 0 Å². The zero-order valence-electron chi connectivity index (χ0n) is 9.08. The van der Waals surface area contributed by atoms with E-state index in [1.54, 1.807) is 36.4 Å². The molecule has 2 heterocycles. The van der Waals surface area contributed by atoms with Crippen molar-refractivity contribution in [2.24, 2.45) is 0 Å². The van der Waals surface area contributed by atoms with Crippen LogP contribution >= 0.6 is 0 Å². The Labute approximate surface area is 125 Å². The zero-order chi connectivity index (χ0) is 14.0. The predicted molar refractivity (Wildman–Crippen MR) is 59.6 cm³/mol. The first kappa shape index (κ1) is 16.7. The zero-order valence-corrected chi connectivity index (χ0v) is 12.1. The normalized spacial score (nSPS) is 8.33. The molecule has 2 rings (SSSR count). The standard InChI is InChI=1S/2C5H5NOS.O.V/c2*7-6-4-2-1-3-5(6)8;;/h2*1-4,7H;;/q;;;+2. The van der Waals surface area contributed by atoms with E-state index in [9.17, 15) is 0 Å². The predicted octanol–water partition coefficient (Wildman–Crippen LogP) is 0.113. The van der Waals surface area contributed by atoms with E-state index in [-0.39, 0.29) is 0 Å². The van der Waals surface area contributed by atoms with Crippen LogP contribution in [-0.4, -0.2) is 10.4 Å². The average Bonchev–Trinajstić information content (AvgIpc) is 2.40. The number of pyridine rings is 2. The Kier molecular flexibility index (Phi) is 9.03. The number of aromatic nitrogens is 2. The van der Waals surface area contributed by atoms with Crippen molar-refractivity contribution in [1.82, 2.24) is 0 Å². The van der Waals surface area contributed by atoms with Gasteiger partial charge in [-0.05, 0) is 21.6 Å². The number of hydrogen-bond acceptors (Lipinski definition) is 5. The van der Waals surface area contributed by atoms with Crippen LogP contribution in [0.3, 0.4) is 0 Å². The molecule has 0 aliphatic rings. The summed E-state index contributed by atoms with van der Waals surface area (Å²) in [6.07, 6.45) is 2.98. The molecule has 0 unspecified atom stereocenters. The molecule has 0 radical (unpaired) electrons. The molecule has 0 spiro atoms. The Hall–Kier alpha value is -1.28. The maximum absolute atomic E-state index is 8.73. The minimum atomic E-state index is 0.424. The third-order valence-electron chi connectivity index (χ3n) is 1.61. The Morgan fingerprint density at radius 2 is 1.17 bits per heavy atom. The molecule has 5 nitrogen and oxygen atoms in total. The van der Waals surface area contributed by atoms with Gasteiger partial charge >= 0.3 is 21.0 Å². The maximum atomic E-state index is 8.73. The molecule has 93 valence electrons. The monoisotopic (exact) mass is 321 g/mol. The Balaban J connectivity index is 0.000000283. The molecule has 0 aliphatic heterocycles. The molecule has 2 aromatic heterocycles. The van der Waals surface area contributed by atoms with Gasteiger partial charge in [-0.3, -0.25) is 10.4 Å². The van der Waals surface area contributed by atoms with E-state index >= 15 is 0 Å². The second-order valence-corrected chi connectivity index (χ2v) is 3.60. The molecule has 0 bridgehead atoms. The van der Waals surface area contributed by atoms with E-state index < -0.39 is 0 Å². The average molecular weight is 321 g/mol. The molecule has 0 aliphatic carbocycles. The molecule has 0 fully saturated rings. The van der Waals surface area contributed by atoms with Gasteiger partial charge in [-0.2, -0.15) is 0 Å². The molecule has 2 N–H and O–H groups in total. The molecular formula is C10H10N2O3S2V+2. The van der Waals surface area contributed by atoms with Gasteiger partial charge in [0.15, 0.2) is 0 Å². The van der Waals surface area contributed by atoms with Gasteiger partial charge in [0.1, 0.15) is 10.1 Å². The van der Waals surface area contributed by atoms with Crippen molar-refractivity contribution >= 4 is 25.3 Å². The summed E-state index contributed by atoms with van der Waals surface area (Å²) in [6.45, 7) is 0. The van der Waals surface area contributed by atoms with Crippen molar-refractivity contribution in [2.45, 2.75) is 10.1 Å². The van der Waals surface area contributed by atoms with Crippen molar-refractivity contribution in [3.8, 4) is 0 Å². The molecule has 0 amide bonds. The van der Waals surface area contributed by atoms with Crippen molar-refractivity contribution in [3.63, 3.8) is 0 Å². The summed E-state index contributed by atoms with van der Waals surface area (Å²) in [5, 5.41) is 18.3. The van der Waals surface area contributed by atoms with Crippen LogP contribution in [0.1, 0.15) is 0 Å². The summed E-state index contributed by atoms with van der Waals surface area (Å²) in [6, 6.07) is 10.3. The number of hydrogen-bond donors (Lipinski definition) is 2. The van der Waals surface area contributed by atoms with Crippen LogP contribution in [0.2, 0.25) is 0 Å². The molecule has 8 heteroatoms. The van der Waals surface area contributed by atoms with Gasteiger partial charge in [0.25, 0.3) is 0 Å². The third kappa shape index (κ3) is 6.46. The van der Waals surface area contributed by atoms with Crippen LogP contribution in [0.25, 0.3) is 0 Å². The van der Waals surface area contributed by atoms with Crippen LogP contribution in [0.4, 0.5) is 0 Å².